The summed E-state index contributed by atoms with van der Waals surface area (Å²) in [5, 5.41) is 24.9. The smallest absolute Gasteiger partial charge is 0.244 e. The lowest BCUT2D eigenvalue weighted by atomic mass is 9.92. The van der Waals surface area contributed by atoms with Gasteiger partial charge >= 0.3 is 0 Å². The van der Waals surface area contributed by atoms with E-state index >= 15 is 0 Å². The lowest BCUT2D eigenvalue weighted by Crippen LogP contribution is -2.28. The van der Waals surface area contributed by atoms with Gasteiger partial charge < -0.3 is 10.4 Å². The number of rotatable bonds is 2. The van der Waals surface area contributed by atoms with Crippen molar-refractivity contribution in [3.63, 3.8) is 0 Å². The number of tetrazole rings is 1. The zero-order chi connectivity index (χ0) is 15.8. The monoisotopic (exact) mass is 311 g/mol. The highest BCUT2D eigenvalue weighted by Crippen LogP contribution is 2.39. The Labute approximate surface area is 131 Å². The molecule has 0 saturated heterocycles. The van der Waals surface area contributed by atoms with Crippen molar-refractivity contribution in [3.8, 4) is 5.75 Å². The number of anilines is 1. The summed E-state index contributed by atoms with van der Waals surface area (Å²) in [7, 11) is 0. The molecule has 0 spiro atoms. The molecule has 4 rings (SSSR count). The van der Waals surface area contributed by atoms with Crippen molar-refractivity contribution in [3.05, 3.63) is 65.5 Å². The van der Waals surface area contributed by atoms with Gasteiger partial charge in [-0.25, -0.2) is 9.07 Å². The maximum Gasteiger partial charge on any atom is 0.244 e. The number of hydrogen-bond acceptors (Lipinski definition) is 5. The van der Waals surface area contributed by atoms with E-state index in [1.807, 2.05) is 12.1 Å². The first-order valence-electron chi connectivity index (χ1n) is 7.31. The third-order valence-electron chi connectivity index (χ3n) is 4.13. The minimum absolute atomic E-state index is 0.193. The molecule has 1 aliphatic rings. The Morgan fingerprint density at radius 3 is 2.61 bits per heavy atom. The topological polar surface area (TPSA) is 75.9 Å². The lowest BCUT2D eigenvalue weighted by molar-refractivity contribution is 0.398. The van der Waals surface area contributed by atoms with Gasteiger partial charge in [0.2, 0.25) is 5.95 Å². The zero-order valence-electron chi connectivity index (χ0n) is 12.1. The first-order valence-corrected chi connectivity index (χ1v) is 7.31. The van der Waals surface area contributed by atoms with E-state index in [0.29, 0.717) is 17.9 Å². The Morgan fingerprint density at radius 1 is 1.09 bits per heavy atom. The summed E-state index contributed by atoms with van der Waals surface area (Å²) in [6, 6.07) is 13.1. The third kappa shape index (κ3) is 2.30. The predicted octanol–water partition coefficient (Wildman–Crippen LogP) is 2.66. The van der Waals surface area contributed by atoms with Gasteiger partial charge in [-0.3, -0.25) is 0 Å². The van der Waals surface area contributed by atoms with Crippen molar-refractivity contribution in [2.45, 2.75) is 18.5 Å². The van der Waals surface area contributed by atoms with Crippen LogP contribution in [0.25, 0.3) is 0 Å². The van der Waals surface area contributed by atoms with E-state index in [4.69, 9.17) is 0 Å². The van der Waals surface area contributed by atoms with E-state index in [0.717, 1.165) is 5.56 Å². The summed E-state index contributed by atoms with van der Waals surface area (Å²) < 4.78 is 15.8. The first kappa shape index (κ1) is 13.7. The summed E-state index contributed by atoms with van der Waals surface area (Å²) in [5.74, 6) is 0.354. The number of phenolic OH excluding ortho intramolecular Hbond substituents is 1. The second kappa shape index (κ2) is 5.35. The van der Waals surface area contributed by atoms with Crippen LogP contribution in [0.15, 0.2) is 48.5 Å². The molecule has 1 aliphatic heterocycles. The molecule has 1 aromatic heterocycles. The van der Waals surface area contributed by atoms with E-state index in [1.165, 1.54) is 6.07 Å². The minimum atomic E-state index is -0.341. The molecule has 2 aromatic carbocycles. The molecule has 0 radical (unpaired) electrons. The van der Waals surface area contributed by atoms with Gasteiger partial charge in [-0.1, -0.05) is 41.5 Å². The van der Waals surface area contributed by atoms with Crippen LogP contribution in [-0.4, -0.2) is 25.3 Å². The van der Waals surface area contributed by atoms with Crippen molar-refractivity contribution in [1.29, 1.82) is 0 Å². The van der Waals surface area contributed by atoms with Crippen LogP contribution in [0.4, 0.5) is 10.3 Å². The maximum absolute atomic E-state index is 14.2. The number of nitrogens with zero attached hydrogens (tertiary/aromatic N) is 4. The number of aromatic hydroxyl groups is 1. The number of para-hydroxylation sites is 1. The average molecular weight is 311 g/mol. The number of benzene rings is 2. The summed E-state index contributed by atoms with van der Waals surface area (Å²) >= 11 is 0. The highest BCUT2D eigenvalue weighted by atomic mass is 19.1. The Bertz CT molecular complexity index is 850. The van der Waals surface area contributed by atoms with Crippen LogP contribution < -0.4 is 5.32 Å². The summed E-state index contributed by atoms with van der Waals surface area (Å²) in [6.45, 7) is 0. The quantitative estimate of drug-likeness (QED) is 0.761. The second-order valence-corrected chi connectivity index (χ2v) is 5.48. The van der Waals surface area contributed by atoms with Gasteiger partial charge in [0.15, 0.2) is 0 Å². The fraction of sp³-hybridized carbons (Fsp3) is 0.188. The van der Waals surface area contributed by atoms with Crippen LogP contribution in [-0.2, 0) is 0 Å². The molecule has 0 aliphatic carbocycles. The fourth-order valence-corrected chi connectivity index (χ4v) is 3.03. The molecule has 0 unspecified atom stereocenters. The first-order chi connectivity index (χ1) is 11.2. The number of halogens is 1. The Balaban J connectivity index is 1.79. The molecule has 23 heavy (non-hydrogen) atoms. The van der Waals surface area contributed by atoms with E-state index in [1.54, 1.807) is 35.0 Å². The molecule has 0 fully saturated rings. The standard InChI is InChI=1S/C16H14FN5O/c17-12-7-3-1-5-10(12)14-9-13(11-6-2-4-8-15(11)23)18-16-19-20-21-22(14)16/h1-8,13-14,23H,9H2,(H,18,19,21)/t13-,14+/m1/s1. The van der Waals surface area contributed by atoms with Gasteiger partial charge in [0, 0.05) is 11.1 Å². The predicted molar refractivity (Wildman–Crippen MR) is 81.4 cm³/mol. The van der Waals surface area contributed by atoms with Crippen LogP contribution in [0.1, 0.15) is 29.6 Å². The van der Waals surface area contributed by atoms with Crippen molar-refractivity contribution in [1.82, 2.24) is 20.2 Å². The fourth-order valence-electron chi connectivity index (χ4n) is 3.03. The van der Waals surface area contributed by atoms with E-state index in [2.05, 4.69) is 20.8 Å². The van der Waals surface area contributed by atoms with Crippen LogP contribution in [0.5, 0.6) is 5.75 Å². The lowest BCUT2D eigenvalue weighted by Gasteiger charge is -2.31. The van der Waals surface area contributed by atoms with Crippen LogP contribution >= 0.6 is 0 Å². The van der Waals surface area contributed by atoms with Gasteiger partial charge in [-0.2, -0.15) is 0 Å². The summed E-state index contributed by atoms with van der Waals surface area (Å²) in [4.78, 5) is 0. The molecule has 2 heterocycles. The Kier molecular flexibility index (Phi) is 3.18. The van der Waals surface area contributed by atoms with Gasteiger partial charge in [-0.05, 0) is 29.0 Å². The SMILES string of the molecule is Oc1ccccc1[C@H]1C[C@@H](c2ccccc2F)n2nnnc2N1. The molecule has 116 valence electrons. The van der Waals surface area contributed by atoms with Gasteiger partial charge in [0.25, 0.3) is 0 Å². The number of nitrogens with one attached hydrogen (secondary N) is 1. The normalized spacial score (nSPS) is 19.9. The van der Waals surface area contributed by atoms with Gasteiger partial charge in [-0.15, -0.1) is 0 Å². The van der Waals surface area contributed by atoms with Crippen molar-refractivity contribution < 1.29 is 9.50 Å². The molecular formula is C16H14FN5O. The Morgan fingerprint density at radius 2 is 1.83 bits per heavy atom. The van der Waals surface area contributed by atoms with Crippen molar-refractivity contribution in [2.24, 2.45) is 0 Å². The van der Waals surface area contributed by atoms with Gasteiger partial charge in [0.1, 0.15) is 11.6 Å². The van der Waals surface area contributed by atoms with E-state index in [9.17, 15) is 9.50 Å². The largest absolute Gasteiger partial charge is 0.508 e. The summed E-state index contributed by atoms with van der Waals surface area (Å²) in [5.41, 5.74) is 1.27. The average Bonchev–Trinajstić information content (AvgIpc) is 3.03. The molecule has 0 bridgehead atoms. The molecule has 2 atom stereocenters. The zero-order valence-corrected chi connectivity index (χ0v) is 12.1. The van der Waals surface area contributed by atoms with Crippen LogP contribution in [0.3, 0.4) is 0 Å². The third-order valence-corrected chi connectivity index (χ3v) is 4.13. The Hall–Kier alpha value is -2.96. The second-order valence-electron chi connectivity index (χ2n) is 5.48. The molecule has 3 aromatic rings. The maximum atomic E-state index is 14.2. The molecule has 7 heteroatoms. The summed E-state index contributed by atoms with van der Waals surface area (Å²) in [6.07, 6.45) is 0.524. The van der Waals surface area contributed by atoms with Crippen molar-refractivity contribution >= 4 is 5.95 Å². The highest BCUT2D eigenvalue weighted by Gasteiger charge is 2.32. The van der Waals surface area contributed by atoms with Crippen LogP contribution in [0, 0.1) is 5.82 Å². The molecule has 2 N–H and O–H groups in total. The van der Waals surface area contributed by atoms with Crippen molar-refractivity contribution in [2.75, 3.05) is 5.32 Å². The number of fused-ring (bicyclic) bond motifs is 1. The number of aromatic nitrogens is 4. The van der Waals surface area contributed by atoms with Gasteiger partial charge in [0.05, 0.1) is 12.1 Å². The van der Waals surface area contributed by atoms with E-state index in [-0.39, 0.29) is 23.7 Å². The molecule has 6 nitrogen and oxygen atoms in total. The number of phenols is 1. The van der Waals surface area contributed by atoms with Crippen LogP contribution in [0.2, 0.25) is 0 Å². The highest BCUT2D eigenvalue weighted by molar-refractivity contribution is 5.42. The van der Waals surface area contributed by atoms with E-state index < -0.39 is 0 Å². The molecule has 0 amide bonds. The number of hydrogen-bond donors (Lipinski definition) is 2. The molecular weight excluding hydrogens is 297 g/mol. The minimum Gasteiger partial charge on any atom is -0.508 e. The molecule has 0 saturated carbocycles.